The molecule has 1 aliphatic rings. The number of thiazole rings is 1. The quantitative estimate of drug-likeness (QED) is 0.410. The summed E-state index contributed by atoms with van der Waals surface area (Å²) in [5.74, 6) is -2.37. The summed E-state index contributed by atoms with van der Waals surface area (Å²) in [6.45, 7) is 1.93. The minimum absolute atomic E-state index is 0.0457. The molecule has 1 unspecified atom stereocenters. The zero-order valence-electron chi connectivity index (χ0n) is 14.8. The van der Waals surface area contributed by atoms with Gasteiger partial charge in [-0.15, -0.1) is 11.3 Å². The number of hydrogen-bond acceptors (Lipinski definition) is 5. The summed E-state index contributed by atoms with van der Waals surface area (Å²) in [5, 5.41) is 12.9. The fraction of sp³-hybridized carbons (Fsp3) is 0.0952. The Labute approximate surface area is 164 Å². The van der Waals surface area contributed by atoms with Crippen molar-refractivity contribution < 1.29 is 19.1 Å². The highest BCUT2D eigenvalue weighted by molar-refractivity contribution is 7.14. The van der Waals surface area contributed by atoms with Gasteiger partial charge in [0.05, 0.1) is 11.6 Å². The number of benzene rings is 2. The molecule has 2 heterocycles. The Morgan fingerprint density at radius 1 is 1.11 bits per heavy atom. The molecule has 0 radical (unpaired) electrons. The first-order valence-corrected chi connectivity index (χ1v) is 9.38. The number of amides is 1. The van der Waals surface area contributed by atoms with Crippen LogP contribution in [0.15, 0.2) is 65.7 Å². The van der Waals surface area contributed by atoms with Gasteiger partial charge in [0, 0.05) is 17.1 Å². The molecule has 4 rings (SSSR count). The highest BCUT2D eigenvalue weighted by atomic mass is 32.1. The SMILES string of the molecule is Cc1ccc(C2C(=C(O)c3ccc(F)cc3)C(=O)C(=O)N2c2nccs2)cc1. The highest BCUT2D eigenvalue weighted by Crippen LogP contribution is 2.42. The Balaban J connectivity index is 1.93. The molecule has 0 bridgehead atoms. The molecular weight excluding hydrogens is 379 g/mol. The van der Waals surface area contributed by atoms with Gasteiger partial charge in [0.1, 0.15) is 11.6 Å². The van der Waals surface area contributed by atoms with Gasteiger partial charge in [-0.25, -0.2) is 9.37 Å². The summed E-state index contributed by atoms with van der Waals surface area (Å²) < 4.78 is 13.3. The van der Waals surface area contributed by atoms with E-state index in [-0.39, 0.29) is 16.9 Å². The lowest BCUT2D eigenvalue weighted by Gasteiger charge is -2.23. The van der Waals surface area contributed by atoms with Crippen LogP contribution in [0.25, 0.3) is 5.76 Å². The Kier molecular flexibility index (Phi) is 4.52. The second-order valence-electron chi connectivity index (χ2n) is 6.40. The molecule has 5 nitrogen and oxygen atoms in total. The number of anilines is 1. The number of ketones is 1. The number of aliphatic hydroxyl groups excluding tert-OH is 1. The molecule has 1 fully saturated rings. The minimum atomic E-state index is -0.822. The smallest absolute Gasteiger partial charge is 0.301 e. The third-order valence-corrected chi connectivity index (χ3v) is 5.35. The molecule has 7 heteroatoms. The Morgan fingerprint density at radius 3 is 2.39 bits per heavy atom. The van der Waals surface area contributed by atoms with Gasteiger partial charge < -0.3 is 5.11 Å². The van der Waals surface area contributed by atoms with Crippen LogP contribution in [0.1, 0.15) is 22.7 Å². The maximum Gasteiger partial charge on any atom is 0.301 e. The second-order valence-corrected chi connectivity index (χ2v) is 7.27. The van der Waals surface area contributed by atoms with E-state index in [1.165, 1.54) is 40.5 Å². The van der Waals surface area contributed by atoms with Crippen LogP contribution < -0.4 is 4.90 Å². The molecule has 1 amide bonds. The van der Waals surface area contributed by atoms with Gasteiger partial charge in [-0.1, -0.05) is 29.8 Å². The van der Waals surface area contributed by atoms with Crippen molar-refractivity contribution in [1.82, 2.24) is 4.98 Å². The predicted molar refractivity (Wildman–Crippen MR) is 104 cm³/mol. The largest absolute Gasteiger partial charge is 0.507 e. The summed E-state index contributed by atoms with van der Waals surface area (Å²) >= 11 is 1.23. The summed E-state index contributed by atoms with van der Waals surface area (Å²) in [7, 11) is 0. The number of halogens is 1. The monoisotopic (exact) mass is 394 g/mol. The van der Waals surface area contributed by atoms with Crippen molar-refractivity contribution in [2.45, 2.75) is 13.0 Å². The standard InChI is InChI=1S/C21H15FN2O3S/c1-12-2-4-13(5-3-12)17-16(18(25)14-6-8-15(22)9-7-14)19(26)20(27)24(17)21-23-10-11-28-21/h2-11,17,25H,1H3. The number of aromatic nitrogens is 1. The number of carbonyl (C=O) groups excluding carboxylic acids is 2. The van der Waals surface area contributed by atoms with Gasteiger partial charge in [-0.3, -0.25) is 14.5 Å². The first-order valence-electron chi connectivity index (χ1n) is 8.50. The Morgan fingerprint density at radius 2 is 1.79 bits per heavy atom. The van der Waals surface area contributed by atoms with Crippen molar-refractivity contribution in [3.63, 3.8) is 0 Å². The molecule has 1 atom stereocenters. The minimum Gasteiger partial charge on any atom is -0.507 e. The maximum atomic E-state index is 13.3. The van der Waals surface area contributed by atoms with E-state index in [1.54, 1.807) is 11.6 Å². The highest BCUT2D eigenvalue weighted by Gasteiger charge is 2.47. The lowest BCUT2D eigenvalue weighted by molar-refractivity contribution is -0.132. The first-order chi connectivity index (χ1) is 13.5. The van der Waals surface area contributed by atoms with Crippen LogP contribution in [0.2, 0.25) is 0 Å². The average Bonchev–Trinajstić information content (AvgIpc) is 3.30. The Hall–Kier alpha value is -3.32. The lowest BCUT2D eigenvalue weighted by atomic mass is 9.95. The van der Waals surface area contributed by atoms with Crippen LogP contribution in [0.5, 0.6) is 0 Å². The fourth-order valence-corrected chi connectivity index (χ4v) is 3.86. The van der Waals surface area contributed by atoms with Crippen molar-refractivity contribution in [1.29, 1.82) is 0 Å². The van der Waals surface area contributed by atoms with Gasteiger partial charge in [0.25, 0.3) is 5.78 Å². The van der Waals surface area contributed by atoms with Gasteiger partial charge in [0.15, 0.2) is 5.13 Å². The van der Waals surface area contributed by atoms with Crippen LogP contribution in [0.4, 0.5) is 9.52 Å². The van der Waals surface area contributed by atoms with Crippen LogP contribution in [0, 0.1) is 12.7 Å². The van der Waals surface area contributed by atoms with Crippen LogP contribution in [-0.2, 0) is 9.59 Å². The molecule has 0 aliphatic carbocycles. The average molecular weight is 394 g/mol. The molecule has 2 aromatic carbocycles. The van der Waals surface area contributed by atoms with Crippen molar-refractivity contribution in [3.05, 3.63) is 88.2 Å². The number of nitrogens with zero attached hydrogens (tertiary/aromatic N) is 2. The van der Waals surface area contributed by atoms with Crippen molar-refractivity contribution in [2.24, 2.45) is 0 Å². The van der Waals surface area contributed by atoms with Gasteiger partial charge >= 0.3 is 5.91 Å². The fourth-order valence-electron chi connectivity index (χ4n) is 3.19. The first kappa shape index (κ1) is 18.1. The summed E-state index contributed by atoms with van der Waals surface area (Å²) in [6.07, 6.45) is 1.55. The summed E-state index contributed by atoms with van der Waals surface area (Å²) in [4.78, 5) is 31.1. The summed E-state index contributed by atoms with van der Waals surface area (Å²) in [5.41, 5.74) is 1.91. The van der Waals surface area contributed by atoms with E-state index in [2.05, 4.69) is 4.98 Å². The third-order valence-electron chi connectivity index (χ3n) is 4.58. The molecule has 1 aliphatic heterocycles. The number of hydrogen-bond donors (Lipinski definition) is 1. The molecule has 28 heavy (non-hydrogen) atoms. The van der Waals surface area contributed by atoms with Gasteiger partial charge in [-0.05, 0) is 36.8 Å². The van der Waals surface area contributed by atoms with Gasteiger partial charge in [-0.2, -0.15) is 0 Å². The normalized spacial score (nSPS) is 18.6. The number of aryl methyl sites for hydroxylation is 1. The molecule has 3 aromatic rings. The van der Waals surface area contributed by atoms with Crippen molar-refractivity contribution in [3.8, 4) is 0 Å². The van der Waals surface area contributed by atoms with E-state index in [4.69, 9.17) is 0 Å². The van der Waals surface area contributed by atoms with E-state index in [0.29, 0.717) is 10.7 Å². The van der Waals surface area contributed by atoms with E-state index in [0.717, 1.165) is 5.56 Å². The maximum absolute atomic E-state index is 13.3. The zero-order valence-corrected chi connectivity index (χ0v) is 15.6. The molecule has 0 spiro atoms. The van der Waals surface area contributed by atoms with Crippen molar-refractivity contribution in [2.75, 3.05) is 4.90 Å². The molecule has 1 N–H and O–H groups in total. The van der Waals surface area contributed by atoms with E-state index >= 15 is 0 Å². The van der Waals surface area contributed by atoms with Crippen LogP contribution >= 0.6 is 11.3 Å². The molecule has 1 saturated heterocycles. The van der Waals surface area contributed by atoms with Gasteiger partial charge in [0.2, 0.25) is 0 Å². The number of aliphatic hydroxyl groups is 1. The number of Topliss-reactive ketones (excluding diaryl/α,β-unsaturated/α-hetero) is 1. The lowest BCUT2D eigenvalue weighted by Crippen LogP contribution is -2.29. The number of rotatable bonds is 3. The molecule has 1 aromatic heterocycles. The topological polar surface area (TPSA) is 70.5 Å². The van der Waals surface area contributed by atoms with E-state index in [1.807, 2.05) is 31.2 Å². The number of carbonyl (C=O) groups is 2. The third kappa shape index (κ3) is 2.99. The zero-order chi connectivity index (χ0) is 19.8. The molecule has 0 saturated carbocycles. The second kappa shape index (κ2) is 7.01. The van der Waals surface area contributed by atoms with E-state index in [9.17, 15) is 19.1 Å². The Bertz CT molecular complexity index is 1070. The van der Waals surface area contributed by atoms with Crippen LogP contribution in [0.3, 0.4) is 0 Å². The van der Waals surface area contributed by atoms with E-state index < -0.39 is 23.5 Å². The molecule has 140 valence electrons. The summed E-state index contributed by atoms with van der Waals surface area (Å²) in [6, 6.07) is 11.7. The van der Waals surface area contributed by atoms with Crippen molar-refractivity contribution >= 4 is 33.9 Å². The van der Waals surface area contributed by atoms with Crippen LogP contribution in [-0.4, -0.2) is 21.8 Å². The molecular formula is C21H15FN2O3S. The predicted octanol–water partition coefficient (Wildman–Crippen LogP) is 4.22.